The summed E-state index contributed by atoms with van der Waals surface area (Å²) in [6.45, 7) is 1.02. The summed E-state index contributed by atoms with van der Waals surface area (Å²) in [5, 5.41) is 8.34. The van der Waals surface area contributed by atoms with Crippen LogP contribution in [0.15, 0.2) is 65.5 Å². The molecule has 4 amide bonds. The van der Waals surface area contributed by atoms with Gasteiger partial charge in [0.15, 0.2) is 0 Å². The maximum atomic E-state index is 13.2. The first-order valence-corrected chi connectivity index (χ1v) is 11.8. The topological polar surface area (TPSA) is 118 Å². The zero-order valence-corrected chi connectivity index (χ0v) is 20.6. The van der Waals surface area contributed by atoms with Crippen molar-refractivity contribution in [3.63, 3.8) is 0 Å². The summed E-state index contributed by atoms with van der Waals surface area (Å²) < 4.78 is 7.85. The van der Waals surface area contributed by atoms with Crippen LogP contribution in [0, 0.1) is 0 Å². The van der Waals surface area contributed by atoms with Crippen LogP contribution in [-0.2, 0) is 27.8 Å². The number of aromatic nitrogens is 2. The van der Waals surface area contributed by atoms with Crippen LogP contribution >= 0.6 is 15.9 Å². The molecular weight excluding hydrogens is 516 g/mol. The van der Waals surface area contributed by atoms with E-state index in [1.54, 1.807) is 58.4 Å². The molecule has 3 N–H and O–H groups in total. The third-order valence-electron chi connectivity index (χ3n) is 5.49. The van der Waals surface area contributed by atoms with Gasteiger partial charge in [-0.1, -0.05) is 15.9 Å². The molecule has 0 spiro atoms. The van der Waals surface area contributed by atoms with Gasteiger partial charge in [-0.3, -0.25) is 9.59 Å². The van der Waals surface area contributed by atoms with Crippen LogP contribution in [-0.4, -0.2) is 53.2 Å². The summed E-state index contributed by atoms with van der Waals surface area (Å²) in [6.07, 6.45) is 3.54. The lowest BCUT2D eigenvalue weighted by Gasteiger charge is -2.27. The molecule has 11 heteroatoms. The van der Waals surface area contributed by atoms with Crippen molar-refractivity contribution in [1.82, 2.24) is 14.9 Å². The minimum atomic E-state index is -0.860. The smallest absolute Gasteiger partial charge is 0.319 e. The summed E-state index contributed by atoms with van der Waals surface area (Å²) in [4.78, 5) is 43.6. The second-order valence-corrected chi connectivity index (χ2v) is 8.91. The van der Waals surface area contributed by atoms with Crippen molar-refractivity contribution in [2.45, 2.75) is 12.5 Å². The molecule has 0 aliphatic carbocycles. The van der Waals surface area contributed by atoms with Gasteiger partial charge in [0.05, 0.1) is 12.9 Å². The van der Waals surface area contributed by atoms with Crippen LogP contribution in [0.2, 0.25) is 0 Å². The predicted molar refractivity (Wildman–Crippen MR) is 135 cm³/mol. The molecule has 1 atom stereocenters. The van der Waals surface area contributed by atoms with E-state index in [0.29, 0.717) is 24.5 Å². The van der Waals surface area contributed by atoms with Gasteiger partial charge in [0.25, 0.3) is 5.91 Å². The van der Waals surface area contributed by atoms with Crippen LogP contribution in [0.3, 0.4) is 0 Å². The molecule has 1 saturated heterocycles. The molecule has 1 aliphatic heterocycles. The third kappa shape index (κ3) is 6.46. The number of morpholine rings is 1. The molecule has 35 heavy (non-hydrogen) atoms. The highest BCUT2D eigenvalue weighted by Gasteiger charge is 2.24. The Morgan fingerprint density at radius 1 is 1.09 bits per heavy atom. The molecule has 2 heterocycles. The van der Waals surface area contributed by atoms with E-state index in [2.05, 4.69) is 36.9 Å². The molecule has 3 aromatic rings. The van der Waals surface area contributed by atoms with E-state index in [-0.39, 0.29) is 24.8 Å². The van der Waals surface area contributed by atoms with Gasteiger partial charge in [-0.15, -0.1) is 0 Å². The molecule has 0 unspecified atom stereocenters. The molecule has 2 aromatic carbocycles. The number of hydrogen-bond acceptors (Lipinski definition) is 5. The summed E-state index contributed by atoms with van der Waals surface area (Å²) in [6, 6.07) is 12.7. The summed E-state index contributed by atoms with van der Waals surface area (Å²) >= 11 is 3.36. The monoisotopic (exact) mass is 540 g/mol. The van der Waals surface area contributed by atoms with Crippen molar-refractivity contribution in [2.24, 2.45) is 7.05 Å². The molecule has 4 rings (SSSR count). The summed E-state index contributed by atoms with van der Waals surface area (Å²) in [5.41, 5.74) is 2.66. The number of anilines is 3. The molecule has 0 bridgehead atoms. The Kier molecular flexibility index (Phi) is 7.78. The number of aryl methyl sites for hydroxylation is 1. The first-order chi connectivity index (χ1) is 16.9. The average molecular weight is 541 g/mol. The number of hydrogen-bond donors (Lipinski definition) is 3. The molecule has 1 aromatic heterocycles. The van der Waals surface area contributed by atoms with Crippen molar-refractivity contribution < 1.29 is 19.1 Å². The Hall–Kier alpha value is -3.70. The minimum absolute atomic E-state index is 0.0577. The number of amides is 4. The molecular formula is C24H25BrN6O4. The van der Waals surface area contributed by atoms with Crippen molar-refractivity contribution >= 4 is 50.8 Å². The minimum Gasteiger partial charge on any atom is -0.370 e. The summed E-state index contributed by atoms with van der Waals surface area (Å²) in [5.74, 6) is -0.488. The van der Waals surface area contributed by atoms with E-state index in [0.717, 1.165) is 15.9 Å². The number of rotatable bonds is 7. The van der Waals surface area contributed by atoms with Gasteiger partial charge in [0.1, 0.15) is 12.6 Å². The fourth-order valence-corrected chi connectivity index (χ4v) is 3.87. The van der Waals surface area contributed by atoms with Crippen LogP contribution in [0.25, 0.3) is 0 Å². The van der Waals surface area contributed by atoms with Gasteiger partial charge in [0, 0.05) is 53.4 Å². The van der Waals surface area contributed by atoms with Crippen LogP contribution in [0.5, 0.6) is 0 Å². The van der Waals surface area contributed by atoms with Gasteiger partial charge in [-0.2, -0.15) is 0 Å². The number of halogens is 1. The molecule has 0 saturated carbocycles. The number of benzene rings is 2. The Bertz CT molecular complexity index is 1200. The Morgan fingerprint density at radius 2 is 1.77 bits per heavy atom. The van der Waals surface area contributed by atoms with E-state index in [1.165, 1.54) is 0 Å². The van der Waals surface area contributed by atoms with Crippen molar-refractivity contribution in [1.29, 1.82) is 0 Å². The lowest BCUT2D eigenvalue weighted by Crippen LogP contribution is -2.47. The standard InChI is InChI=1S/C24H25BrN6O4/c1-30-15-26-13-20(30)12-21(29-24(34)28-18-4-2-16(25)3-5-18)23(33)27-17-6-8-19(9-7-17)31-10-11-35-14-22(31)32/h2-9,13,15,21H,10-12,14H2,1H3,(H,27,33)(H2,28,29,34)/t21-/m1/s1. The first kappa shape index (κ1) is 24.4. The fraction of sp³-hybridized carbons (Fsp3) is 0.250. The molecule has 182 valence electrons. The molecule has 10 nitrogen and oxygen atoms in total. The number of nitrogens with zero attached hydrogens (tertiary/aromatic N) is 3. The number of nitrogens with one attached hydrogen (secondary N) is 3. The Balaban J connectivity index is 1.44. The second kappa shape index (κ2) is 11.2. The average Bonchev–Trinajstić information content (AvgIpc) is 3.25. The number of imidazole rings is 1. The summed E-state index contributed by atoms with van der Waals surface area (Å²) in [7, 11) is 1.82. The van der Waals surface area contributed by atoms with E-state index < -0.39 is 12.1 Å². The maximum Gasteiger partial charge on any atom is 0.319 e. The zero-order chi connectivity index (χ0) is 24.8. The Morgan fingerprint density at radius 3 is 2.43 bits per heavy atom. The number of carbonyl (C=O) groups is 3. The quantitative estimate of drug-likeness (QED) is 0.425. The van der Waals surface area contributed by atoms with Gasteiger partial charge in [-0.05, 0) is 48.5 Å². The van der Waals surface area contributed by atoms with Crippen LogP contribution in [0.4, 0.5) is 21.9 Å². The van der Waals surface area contributed by atoms with Gasteiger partial charge >= 0.3 is 6.03 Å². The lowest BCUT2D eigenvalue weighted by molar-refractivity contribution is -0.125. The fourth-order valence-electron chi connectivity index (χ4n) is 3.60. The first-order valence-electron chi connectivity index (χ1n) is 11.0. The van der Waals surface area contributed by atoms with Crippen molar-refractivity contribution in [2.75, 3.05) is 35.3 Å². The lowest BCUT2D eigenvalue weighted by atomic mass is 10.1. The highest BCUT2D eigenvalue weighted by molar-refractivity contribution is 9.10. The van der Waals surface area contributed by atoms with Crippen LogP contribution < -0.4 is 20.9 Å². The van der Waals surface area contributed by atoms with Gasteiger partial charge in [0.2, 0.25) is 5.91 Å². The number of urea groups is 1. The highest BCUT2D eigenvalue weighted by Crippen LogP contribution is 2.20. The van der Waals surface area contributed by atoms with E-state index >= 15 is 0 Å². The van der Waals surface area contributed by atoms with E-state index in [1.807, 2.05) is 19.2 Å². The predicted octanol–water partition coefficient (Wildman–Crippen LogP) is 2.92. The van der Waals surface area contributed by atoms with E-state index in [9.17, 15) is 14.4 Å². The van der Waals surface area contributed by atoms with Crippen LogP contribution in [0.1, 0.15) is 5.69 Å². The molecule has 1 fully saturated rings. The zero-order valence-electron chi connectivity index (χ0n) is 19.0. The number of ether oxygens (including phenoxy) is 1. The van der Waals surface area contributed by atoms with Crippen molar-refractivity contribution in [3.05, 3.63) is 71.2 Å². The maximum absolute atomic E-state index is 13.2. The van der Waals surface area contributed by atoms with Gasteiger partial charge < -0.3 is 30.2 Å². The third-order valence-corrected chi connectivity index (χ3v) is 6.01. The van der Waals surface area contributed by atoms with Crippen molar-refractivity contribution in [3.8, 4) is 0 Å². The normalized spacial score (nSPS) is 14.3. The molecule has 0 radical (unpaired) electrons. The SMILES string of the molecule is Cn1cncc1C[C@@H](NC(=O)Nc1ccc(Br)cc1)C(=O)Nc1ccc(N2CCOCC2=O)cc1. The molecule has 1 aliphatic rings. The van der Waals surface area contributed by atoms with E-state index in [4.69, 9.17) is 4.74 Å². The Labute approximate surface area is 210 Å². The number of carbonyl (C=O) groups excluding carboxylic acids is 3. The highest BCUT2D eigenvalue weighted by atomic mass is 79.9. The largest absolute Gasteiger partial charge is 0.370 e. The second-order valence-electron chi connectivity index (χ2n) is 7.99. The van der Waals surface area contributed by atoms with Gasteiger partial charge in [-0.25, -0.2) is 9.78 Å².